The first-order valence-corrected chi connectivity index (χ1v) is 7.03. The molecule has 2 aromatic rings. The lowest BCUT2D eigenvalue weighted by atomic mass is 10.1. The van der Waals surface area contributed by atoms with Gasteiger partial charge in [-0.3, -0.25) is 0 Å². The smallest absolute Gasteiger partial charge is 0.178 e. The summed E-state index contributed by atoms with van der Waals surface area (Å²) in [5, 5.41) is 0. The van der Waals surface area contributed by atoms with Crippen LogP contribution in [0.15, 0.2) is 60.1 Å². The monoisotopic (exact) mass is 305 g/mol. The maximum Gasteiger partial charge on any atom is 0.178 e. The first-order valence-electron chi connectivity index (χ1n) is 7.03. The number of nitrogens with zero attached hydrogens (tertiary/aromatic N) is 5. The highest BCUT2D eigenvalue weighted by Crippen LogP contribution is 2.11. The zero-order valence-electron chi connectivity index (χ0n) is 13.3. The Morgan fingerprint density at radius 1 is 1.04 bits per heavy atom. The number of allylic oxidation sites excluding steroid dienone is 2. The van der Waals surface area contributed by atoms with E-state index in [-0.39, 0.29) is 0 Å². The first-order chi connectivity index (χ1) is 11.2. The van der Waals surface area contributed by atoms with E-state index in [2.05, 4.69) is 51.3 Å². The van der Waals surface area contributed by atoms with Crippen LogP contribution in [-0.2, 0) is 0 Å². The van der Waals surface area contributed by atoms with Gasteiger partial charge in [-0.2, -0.15) is 0 Å². The summed E-state index contributed by atoms with van der Waals surface area (Å²) in [6, 6.07) is 3.52. The van der Waals surface area contributed by atoms with E-state index in [1.807, 2.05) is 13.0 Å². The Kier molecular flexibility index (Phi) is 7.59. The van der Waals surface area contributed by atoms with E-state index in [1.165, 1.54) is 5.57 Å². The van der Waals surface area contributed by atoms with Crippen LogP contribution in [-0.4, -0.2) is 25.6 Å². The molecule has 0 aromatic carbocycles. The molecule has 5 heteroatoms. The highest BCUT2D eigenvalue weighted by molar-refractivity contribution is 6.08. The molecule has 0 saturated heterocycles. The normalized spacial score (nSPS) is 11.3. The van der Waals surface area contributed by atoms with Gasteiger partial charge >= 0.3 is 0 Å². The van der Waals surface area contributed by atoms with E-state index >= 15 is 0 Å². The van der Waals surface area contributed by atoms with Crippen LogP contribution in [0.4, 0.5) is 0 Å². The SMILES string of the molecule is C#C.C=C(N=C(/C=C(\C)CC)c1ncccn1)c1ncccn1. The minimum Gasteiger partial charge on any atom is -0.242 e. The summed E-state index contributed by atoms with van der Waals surface area (Å²) in [5.41, 5.74) is 2.33. The molecule has 0 saturated carbocycles. The molecule has 0 aliphatic rings. The molecule has 0 atom stereocenters. The van der Waals surface area contributed by atoms with Gasteiger partial charge in [0, 0.05) is 24.8 Å². The number of terminal acetylenes is 1. The molecule has 2 aromatic heterocycles. The van der Waals surface area contributed by atoms with Gasteiger partial charge < -0.3 is 0 Å². The van der Waals surface area contributed by atoms with E-state index < -0.39 is 0 Å². The molecule has 2 heterocycles. The Morgan fingerprint density at radius 2 is 1.52 bits per heavy atom. The highest BCUT2D eigenvalue weighted by Gasteiger charge is 2.07. The Labute approximate surface area is 137 Å². The summed E-state index contributed by atoms with van der Waals surface area (Å²) >= 11 is 0. The van der Waals surface area contributed by atoms with Gasteiger partial charge in [-0.25, -0.2) is 24.9 Å². The molecule has 0 aliphatic carbocycles. The Bertz CT molecular complexity index is 700. The maximum atomic E-state index is 4.50. The van der Waals surface area contributed by atoms with E-state index in [9.17, 15) is 0 Å². The van der Waals surface area contributed by atoms with Gasteiger partial charge in [0.1, 0.15) is 11.4 Å². The average molecular weight is 305 g/mol. The number of aliphatic imine (C=N–C) groups is 1. The van der Waals surface area contributed by atoms with Crippen molar-refractivity contribution in [2.75, 3.05) is 0 Å². The van der Waals surface area contributed by atoms with E-state index in [0.717, 1.165) is 6.42 Å². The molecule has 0 unspecified atom stereocenters. The fourth-order valence-corrected chi connectivity index (χ4v) is 1.56. The van der Waals surface area contributed by atoms with Gasteiger partial charge in [0.25, 0.3) is 0 Å². The zero-order valence-corrected chi connectivity index (χ0v) is 13.3. The predicted octanol–water partition coefficient (Wildman–Crippen LogP) is 3.33. The van der Waals surface area contributed by atoms with Gasteiger partial charge in [0.15, 0.2) is 11.6 Å². The summed E-state index contributed by atoms with van der Waals surface area (Å²) in [4.78, 5) is 21.3. The average Bonchev–Trinajstić information content (AvgIpc) is 2.64. The van der Waals surface area contributed by atoms with E-state index in [0.29, 0.717) is 23.1 Å². The van der Waals surface area contributed by atoms with Crippen molar-refractivity contribution in [3.8, 4) is 12.8 Å². The standard InChI is InChI=1S/C16H17N5.C2H2/c1-4-12(2)11-14(16-19-9-6-10-20-16)21-13(3)15-17-7-5-8-18-15;1-2/h5-11H,3-4H2,1-2H3;1-2H/b12-11+,21-14?;. The Balaban J connectivity index is 0.00000127. The quantitative estimate of drug-likeness (QED) is 0.628. The molecule has 23 heavy (non-hydrogen) atoms. The molecule has 0 fully saturated rings. The number of hydrogen-bond donors (Lipinski definition) is 0. The molecule has 0 bridgehead atoms. The van der Waals surface area contributed by atoms with Crippen LogP contribution < -0.4 is 0 Å². The summed E-state index contributed by atoms with van der Waals surface area (Å²) < 4.78 is 0. The fraction of sp³-hybridized carbons (Fsp3) is 0.167. The van der Waals surface area contributed by atoms with Gasteiger partial charge in [-0.15, -0.1) is 12.8 Å². The molecule has 0 radical (unpaired) electrons. The van der Waals surface area contributed by atoms with Crippen LogP contribution >= 0.6 is 0 Å². The fourth-order valence-electron chi connectivity index (χ4n) is 1.56. The van der Waals surface area contributed by atoms with Crippen molar-refractivity contribution < 1.29 is 0 Å². The van der Waals surface area contributed by atoms with Crippen molar-refractivity contribution in [3.63, 3.8) is 0 Å². The van der Waals surface area contributed by atoms with Crippen LogP contribution in [0, 0.1) is 12.8 Å². The van der Waals surface area contributed by atoms with Crippen molar-refractivity contribution >= 4 is 11.4 Å². The summed E-state index contributed by atoms with van der Waals surface area (Å²) in [7, 11) is 0. The lowest BCUT2D eigenvalue weighted by molar-refractivity contribution is 1.09. The largest absolute Gasteiger partial charge is 0.242 e. The van der Waals surface area contributed by atoms with Gasteiger partial charge in [-0.05, 0) is 31.6 Å². The number of hydrogen-bond acceptors (Lipinski definition) is 5. The third kappa shape index (κ3) is 5.64. The third-order valence-corrected chi connectivity index (χ3v) is 2.81. The second kappa shape index (κ2) is 9.74. The second-order valence-corrected chi connectivity index (χ2v) is 4.43. The van der Waals surface area contributed by atoms with E-state index in [4.69, 9.17) is 0 Å². The van der Waals surface area contributed by atoms with E-state index in [1.54, 1.807) is 36.9 Å². The minimum absolute atomic E-state index is 0.484. The van der Waals surface area contributed by atoms with Crippen molar-refractivity contribution in [3.05, 3.63) is 66.8 Å². The third-order valence-electron chi connectivity index (χ3n) is 2.81. The number of aromatic nitrogens is 4. The summed E-state index contributed by atoms with van der Waals surface area (Å²) in [6.45, 7) is 8.06. The van der Waals surface area contributed by atoms with Crippen molar-refractivity contribution in [1.82, 2.24) is 19.9 Å². The van der Waals surface area contributed by atoms with Crippen molar-refractivity contribution in [2.24, 2.45) is 4.99 Å². The molecule has 116 valence electrons. The molecule has 5 nitrogen and oxygen atoms in total. The molecule has 0 aliphatic heterocycles. The summed E-state index contributed by atoms with van der Waals surface area (Å²) in [6.07, 6.45) is 17.6. The van der Waals surface area contributed by atoms with Crippen molar-refractivity contribution in [2.45, 2.75) is 20.3 Å². The second-order valence-electron chi connectivity index (χ2n) is 4.43. The Morgan fingerprint density at radius 3 is 2.00 bits per heavy atom. The van der Waals surface area contributed by atoms with Gasteiger partial charge in [0.2, 0.25) is 0 Å². The number of rotatable bonds is 5. The topological polar surface area (TPSA) is 63.9 Å². The molecule has 0 N–H and O–H groups in total. The molecular formula is C18H19N5. The highest BCUT2D eigenvalue weighted by atomic mass is 15.0. The lowest BCUT2D eigenvalue weighted by Crippen LogP contribution is -2.05. The van der Waals surface area contributed by atoms with Crippen LogP contribution in [0.25, 0.3) is 5.70 Å². The molecular weight excluding hydrogens is 286 g/mol. The van der Waals surface area contributed by atoms with Crippen LogP contribution in [0.5, 0.6) is 0 Å². The van der Waals surface area contributed by atoms with Crippen LogP contribution in [0.2, 0.25) is 0 Å². The Hall–Kier alpha value is -3.13. The molecule has 2 rings (SSSR count). The minimum atomic E-state index is 0.484. The predicted molar refractivity (Wildman–Crippen MR) is 93.6 cm³/mol. The molecule has 0 amide bonds. The van der Waals surface area contributed by atoms with Gasteiger partial charge in [0.05, 0.1) is 0 Å². The molecule has 0 spiro atoms. The van der Waals surface area contributed by atoms with Gasteiger partial charge in [-0.1, -0.05) is 19.1 Å². The van der Waals surface area contributed by atoms with Crippen LogP contribution in [0.1, 0.15) is 31.9 Å². The zero-order chi connectivity index (χ0) is 17.1. The summed E-state index contributed by atoms with van der Waals surface area (Å²) in [5.74, 6) is 1.05. The van der Waals surface area contributed by atoms with Crippen molar-refractivity contribution in [1.29, 1.82) is 0 Å². The first kappa shape index (κ1) is 17.9. The van der Waals surface area contributed by atoms with Crippen LogP contribution in [0.3, 0.4) is 0 Å². The maximum absolute atomic E-state index is 4.50. The lowest BCUT2D eigenvalue weighted by Gasteiger charge is -2.04.